The summed E-state index contributed by atoms with van der Waals surface area (Å²) in [6.45, 7) is 5.23. The van der Waals surface area contributed by atoms with E-state index in [1.807, 2.05) is 16.9 Å². The second-order valence-electron chi connectivity index (χ2n) is 5.63. The Morgan fingerprint density at radius 2 is 2.27 bits per heavy atom. The first-order valence-electron chi connectivity index (χ1n) is 7.83. The predicted octanol–water partition coefficient (Wildman–Crippen LogP) is 1.86. The van der Waals surface area contributed by atoms with E-state index in [0.29, 0.717) is 18.2 Å². The van der Waals surface area contributed by atoms with Gasteiger partial charge in [0.2, 0.25) is 0 Å². The highest BCUT2D eigenvalue weighted by Crippen LogP contribution is 2.33. The number of aliphatic hydroxyl groups is 1. The molecular formula is C16H23N3O3. The van der Waals surface area contributed by atoms with Crippen LogP contribution in [0.4, 0.5) is 0 Å². The van der Waals surface area contributed by atoms with Gasteiger partial charge in [0.15, 0.2) is 0 Å². The zero-order valence-corrected chi connectivity index (χ0v) is 12.9. The Labute approximate surface area is 130 Å². The third kappa shape index (κ3) is 3.40. The second-order valence-corrected chi connectivity index (χ2v) is 5.63. The number of aromatic nitrogens is 2. The van der Waals surface area contributed by atoms with Crippen LogP contribution in [-0.2, 0) is 24.4 Å². The van der Waals surface area contributed by atoms with E-state index in [0.717, 1.165) is 37.4 Å². The van der Waals surface area contributed by atoms with Gasteiger partial charge in [-0.15, -0.1) is 0 Å². The Hall–Kier alpha value is -1.63. The highest BCUT2D eigenvalue weighted by molar-refractivity contribution is 5.11. The van der Waals surface area contributed by atoms with Crippen molar-refractivity contribution in [1.82, 2.24) is 15.1 Å². The molecule has 0 saturated carbocycles. The minimum atomic E-state index is -0.0556. The van der Waals surface area contributed by atoms with Crippen molar-refractivity contribution in [3.63, 3.8) is 0 Å². The van der Waals surface area contributed by atoms with E-state index in [1.54, 1.807) is 6.07 Å². The van der Waals surface area contributed by atoms with Crippen molar-refractivity contribution in [1.29, 1.82) is 0 Å². The smallest absolute Gasteiger partial charge is 0.129 e. The molecule has 1 saturated heterocycles. The minimum absolute atomic E-state index is 0.0556. The molecule has 120 valence electrons. The van der Waals surface area contributed by atoms with Gasteiger partial charge in [0.1, 0.15) is 18.1 Å². The molecule has 6 nitrogen and oxygen atoms in total. The Balaban J connectivity index is 1.52. The molecule has 1 fully saturated rings. The van der Waals surface area contributed by atoms with Crippen molar-refractivity contribution < 1.29 is 14.3 Å². The normalized spacial score (nSPS) is 21.5. The van der Waals surface area contributed by atoms with Crippen LogP contribution in [0, 0.1) is 5.92 Å². The maximum Gasteiger partial charge on any atom is 0.129 e. The van der Waals surface area contributed by atoms with Crippen molar-refractivity contribution in [2.45, 2.75) is 39.1 Å². The molecule has 0 radical (unpaired) electrons. The highest BCUT2D eigenvalue weighted by atomic mass is 16.5. The lowest BCUT2D eigenvalue weighted by Gasteiger charge is -2.17. The molecule has 0 spiro atoms. The average Bonchev–Trinajstić information content (AvgIpc) is 3.27. The lowest BCUT2D eigenvalue weighted by atomic mass is 9.97. The lowest BCUT2D eigenvalue weighted by molar-refractivity contribution is 0.0902. The average molecular weight is 305 g/mol. The molecule has 22 heavy (non-hydrogen) atoms. The zero-order chi connectivity index (χ0) is 15.4. The molecular weight excluding hydrogens is 282 g/mol. The quantitative estimate of drug-likeness (QED) is 0.817. The number of aliphatic hydroxyl groups excluding tert-OH is 1. The van der Waals surface area contributed by atoms with Crippen LogP contribution in [0.15, 0.2) is 28.9 Å². The van der Waals surface area contributed by atoms with Crippen LogP contribution in [0.1, 0.15) is 36.5 Å². The Kier molecular flexibility index (Phi) is 4.92. The first-order chi connectivity index (χ1) is 10.8. The largest absolute Gasteiger partial charge is 0.462 e. The Morgan fingerprint density at radius 3 is 3.00 bits per heavy atom. The first-order valence-corrected chi connectivity index (χ1v) is 7.83. The van der Waals surface area contributed by atoms with Gasteiger partial charge in [-0.3, -0.25) is 4.68 Å². The van der Waals surface area contributed by atoms with Crippen LogP contribution in [0.3, 0.4) is 0 Å². The standard InChI is InChI=1S/C16H23N3O3/c1-2-19-10-13(8-18-19)16-12(5-6-21-16)7-17-9-14-3-4-15(11-20)22-14/h3-4,8,10,12,16-17,20H,2,5-7,9,11H2,1H3/t12-,16+/m1/s1. The predicted molar refractivity (Wildman–Crippen MR) is 81.0 cm³/mol. The van der Waals surface area contributed by atoms with E-state index in [-0.39, 0.29) is 12.7 Å². The molecule has 2 aromatic heterocycles. The molecule has 1 aliphatic rings. The molecule has 2 aromatic rings. The summed E-state index contributed by atoms with van der Waals surface area (Å²) in [7, 11) is 0. The molecule has 0 aliphatic carbocycles. The van der Waals surface area contributed by atoms with Crippen LogP contribution < -0.4 is 5.32 Å². The molecule has 0 unspecified atom stereocenters. The van der Waals surface area contributed by atoms with Gasteiger partial charge in [0.05, 0.1) is 18.8 Å². The van der Waals surface area contributed by atoms with Crippen molar-refractivity contribution in [2.24, 2.45) is 5.92 Å². The lowest BCUT2D eigenvalue weighted by Crippen LogP contribution is -2.24. The van der Waals surface area contributed by atoms with Gasteiger partial charge in [-0.1, -0.05) is 0 Å². The van der Waals surface area contributed by atoms with Gasteiger partial charge in [-0.25, -0.2) is 0 Å². The third-order valence-electron chi connectivity index (χ3n) is 4.10. The fourth-order valence-electron chi connectivity index (χ4n) is 2.89. The zero-order valence-electron chi connectivity index (χ0n) is 12.9. The topological polar surface area (TPSA) is 72.5 Å². The van der Waals surface area contributed by atoms with Gasteiger partial charge in [0.25, 0.3) is 0 Å². The maximum absolute atomic E-state index is 8.99. The summed E-state index contributed by atoms with van der Waals surface area (Å²) in [5, 5.41) is 16.7. The van der Waals surface area contributed by atoms with Gasteiger partial charge in [-0.05, 0) is 25.5 Å². The van der Waals surface area contributed by atoms with E-state index in [1.165, 1.54) is 0 Å². The van der Waals surface area contributed by atoms with E-state index in [2.05, 4.69) is 23.5 Å². The number of nitrogens with one attached hydrogen (secondary N) is 1. The van der Waals surface area contributed by atoms with Crippen LogP contribution in [0.25, 0.3) is 0 Å². The first kappa shape index (κ1) is 15.3. The molecule has 2 atom stereocenters. The monoisotopic (exact) mass is 305 g/mol. The summed E-state index contributed by atoms with van der Waals surface area (Å²) < 4.78 is 13.3. The fourth-order valence-corrected chi connectivity index (χ4v) is 2.89. The van der Waals surface area contributed by atoms with E-state index < -0.39 is 0 Å². The number of hydrogen-bond acceptors (Lipinski definition) is 5. The molecule has 0 amide bonds. The number of nitrogens with zero attached hydrogens (tertiary/aromatic N) is 2. The Bertz CT molecular complexity index is 593. The van der Waals surface area contributed by atoms with Crippen LogP contribution in [0.5, 0.6) is 0 Å². The summed E-state index contributed by atoms with van der Waals surface area (Å²) in [6.07, 6.45) is 5.15. The van der Waals surface area contributed by atoms with Crippen molar-refractivity contribution in [2.75, 3.05) is 13.2 Å². The molecule has 6 heteroatoms. The number of aryl methyl sites for hydroxylation is 1. The maximum atomic E-state index is 8.99. The van der Waals surface area contributed by atoms with Crippen molar-refractivity contribution in [3.05, 3.63) is 41.6 Å². The van der Waals surface area contributed by atoms with E-state index in [9.17, 15) is 0 Å². The molecule has 1 aliphatic heterocycles. The van der Waals surface area contributed by atoms with Crippen LogP contribution >= 0.6 is 0 Å². The van der Waals surface area contributed by atoms with E-state index in [4.69, 9.17) is 14.3 Å². The summed E-state index contributed by atoms with van der Waals surface area (Å²) in [4.78, 5) is 0. The number of ether oxygens (including phenoxy) is 1. The fraction of sp³-hybridized carbons (Fsp3) is 0.562. The number of rotatable bonds is 7. The summed E-state index contributed by atoms with van der Waals surface area (Å²) >= 11 is 0. The van der Waals surface area contributed by atoms with Crippen molar-refractivity contribution in [3.8, 4) is 0 Å². The van der Waals surface area contributed by atoms with Crippen molar-refractivity contribution >= 4 is 0 Å². The minimum Gasteiger partial charge on any atom is -0.462 e. The molecule has 3 rings (SSSR count). The molecule has 2 N–H and O–H groups in total. The summed E-state index contributed by atoms with van der Waals surface area (Å²) in [6, 6.07) is 3.70. The Morgan fingerprint density at radius 1 is 1.41 bits per heavy atom. The van der Waals surface area contributed by atoms with Gasteiger partial charge < -0.3 is 19.6 Å². The van der Waals surface area contributed by atoms with Crippen LogP contribution in [-0.4, -0.2) is 28.0 Å². The summed E-state index contributed by atoms with van der Waals surface area (Å²) in [5.74, 6) is 1.89. The van der Waals surface area contributed by atoms with Gasteiger partial charge in [-0.2, -0.15) is 5.10 Å². The number of hydrogen-bond donors (Lipinski definition) is 2. The van der Waals surface area contributed by atoms with Gasteiger partial charge >= 0.3 is 0 Å². The summed E-state index contributed by atoms with van der Waals surface area (Å²) in [5.41, 5.74) is 1.16. The molecule has 0 aromatic carbocycles. The van der Waals surface area contributed by atoms with E-state index >= 15 is 0 Å². The van der Waals surface area contributed by atoms with Crippen LogP contribution in [0.2, 0.25) is 0 Å². The number of furan rings is 1. The molecule has 3 heterocycles. The third-order valence-corrected chi connectivity index (χ3v) is 4.10. The molecule has 0 bridgehead atoms. The van der Waals surface area contributed by atoms with Gasteiger partial charge in [0, 0.05) is 37.4 Å². The highest BCUT2D eigenvalue weighted by Gasteiger charge is 2.30. The second kappa shape index (κ2) is 7.09. The SMILES string of the molecule is CCn1cc([C@H]2OCC[C@@H]2CNCc2ccc(CO)o2)cn1.